The summed E-state index contributed by atoms with van der Waals surface area (Å²) < 4.78 is 5.67. The Morgan fingerprint density at radius 2 is 1.88 bits per heavy atom. The molecule has 3 rings (SSSR count). The van der Waals surface area contributed by atoms with Gasteiger partial charge < -0.3 is 21.5 Å². The van der Waals surface area contributed by atoms with Gasteiger partial charge in [-0.3, -0.25) is 9.78 Å². The minimum atomic E-state index is -0.412. The molecule has 0 saturated carbocycles. The molecule has 2 aromatic heterocycles. The molecule has 0 aliphatic rings. The zero-order valence-corrected chi connectivity index (χ0v) is 13.9. The third-order valence-corrected chi connectivity index (χ3v) is 3.52. The Bertz CT molecular complexity index is 884. The van der Waals surface area contributed by atoms with Crippen LogP contribution in [-0.2, 0) is 13.2 Å². The third-order valence-electron chi connectivity index (χ3n) is 3.52. The van der Waals surface area contributed by atoms with Crippen molar-refractivity contribution in [1.82, 2.24) is 20.3 Å². The Labute approximate surface area is 150 Å². The molecule has 0 saturated heterocycles. The van der Waals surface area contributed by atoms with Crippen LogP contribution in [0.25, 0.3) is 0 Å². The SMILES string of the molecule is Nc1cnc(C(=O)NCc2ccc(OCc3ccccn3)cc2)c(N)n1. The fourth-order valence-electron chi connectivity index (χ4n) is 2.20. The van der Waals surface area contributed by atoms with E-state index in [1.165, 1.54) is 6.20 Å². The number of ether oxygens (including phenoxy) is 1. The summed E-state index contributed by atoms with van der Waals surface area (Å²) in [6.07, 6.45) is 3.02. The van der Waals surface area contributed by atoms with Gasteiger partial charge in [0.1, 0.15) is 18.2 Å². The van der Waals surface area contributed by atoms with Crippen LogP contribution in [0.1, 0.15) is 21.7 Å². The molecule has 2 heterocycles. The number of anilines is 2. The summed E-state index contributed by atoms with van der Waals surface area (Å²) in [5.74, 6) is 0.478. The maximum atomic E-state index is 12.1. The van der Waals surface area contributed by atoms with Crippen LogP contribution in [0.5, 0.6) is 5.75 Å². The third kappa shape index (κ3) is 4.44. The predicted octanol–water partition coefficient (Wildman–Crippen LogP) is 1.54. The van der Waals surface area contributed by atoms with Gasteiger partial charge >= 0.3 is 0 Å². The Hall–Kier alpha value is -3.68. The number of aromatic nitrogens is 3. The number of nitrogens with zero attached hydrogens (tertiary/aromatic N) is 3. The number of nitrogens with two attached hydrogens (primary N) is 2. The summed E-state index contributed by atoms with van der Waals surface area (Å²) in [6.45, 7) is 0.719. The lowest BCUT2D eigenvalue weighted by atomic mass is 10.2. The molecule has 1 aromatic carbocycles. The first-order valence-electron chi connectivity index (χ1n) is 7.89. The molecule has 8 heteroatoms. The van der Waals surface area contributed by atoms with E-state index in [4.69, 9.17) is 16.2 Å². The number of rotatable bonds is 6. The van der Waals surface area contributed by atoms with Gasteiger partial charge in [0, 0.05) is 12.7 Å². The van der Waals surface area contributed by atoms with Crippen molar-refractivity contribution in [1.29, 1.82) is 0 Å². The first kappa shape index (κ1) is 17.2. The molecule has 0 aliphatic carbocycles. The summed E-state index contributed by atoms with van der Waals surface area (Å²) in [5.41, 5.74) is 12.9. The maximum absolute atomic E-state index is 12.1. The maximum Gasteiger partial charge on any atom is 0.273 e. The Morgan fingerprint density at radius 1 is 1.08 bits per heavy atom. The fraction of sp³-hybridized carbons (Fsp3) is 0.111. The summed E-state index contributed by atoms with van der Waals surface area (Å²) in [6, 6.07) is 13.1. The van der Waals surface area contributed by atoms with Gasteiger partial charge in [0.2, 0.25) is 0 Å². The molecule has 0 unspecified atom stereocenters. The second-order valence-corrected chi connectivity index (χ2v) is 5.47. The summed E-state index contributed by atoms with van der Waals surface area (Å²) >= 11 is 0. The van der Waals surface area contributed by atoms with Gasteiger partial charge in [0.05, 0.1) is 11.9 Å². The molecule has 26 heavy (non-hydrogen) atoms. The molecular formula is C18H18N6O2. The highest BCUT2D eigenvalue weighted by Crippen LogP contribution is 2.14. The number of benzene rings is 1. The number of carbonyl (C=O) groups is 1. The second-order valence-electron chi connectivity index (χ2n) is 5.47. The number of hydrogen-bond acceptors (Lipinski definition) is 7. The largest absolute Gasteiger partial charge is 0.487 e. The van der Waals surface area contributed by atoms with Crippen LogP contribution < -0.4 is 21.5 Å². The van der Waals surface area contributed by atoms with E-state index in [1.54, 1.807) is 6.20 Å². The summed E-state index contributed by atoms with van der Waals surface area (Å²) in [5, 5.41) is 2.74. The second kappa shape index (κ2) is 7.93. The van der Waals surface area contributed by atoms with Crippen LogP contribution >= 0.6 is 0 Å². The molecule has 0 spiro atoms. The highest BCUT2D eigenvalue weighted by atomic mass is 16.5. The van der Waals surface area contributed by atoms with Crippen LogP contribution in [0.4, 0.5) is 11.6 Å². The molecule has 0 atom stereocenters. The number of hydrogen-bond donors (Lipinski definition) is 3. The molecule has 0 aliphatic heterocycles. The van der Waals surface area contributed by atoms with Crippen molar-refractivity contribution in [3.8, 4) is 5.75 Å². The molecule has 0 radical (unpaired) electrons. The normalized spacial score (nSPS) is 10.3. The van der Waals surface area contributed by atoms with Crippen molar-refractivity contribution >= 4 is 17.5 Å². The minimum Gasteiger partial charge on any atom is -0.487 e. The van der Waals surface area contributed by atoms with E-state index in [0.29, 0.717) is 13.2 Å². The van der Waals surface area contributed by atoms with Crippen molar-refractivity contribution in [3.63, 3.8) is 0 Å². The molecule has 0 fully saturated rings. The average Bonchev–Trinajstić information content (AvgIpc) is 2.66. The zero-order valence-electron chi connectivity index (χ0n) is 13.9. The lowest BCUT2D eigenvalue weighted by Gasteiger charge is -2.08. The number of pyridine rings is 1. The molecule has 1 amide bonds. The Balaban J connectivity index is 1.53. The van der Waals surface area contributed by atoms with Crippen LogP contribution in [0.3, 0.4) is 0 Å². The molecule has 132 valence electrons. The molecule has 0 bridgehead atoms. The van der Waals surface area contributed by atoms with Gasteiger partial charge in [-0.05, 0) is 29.8 Å². The predicted molar refractivity (Wildman–Crippen MR) is 97.0 cm³/mol. The fourth-order valence-corrected chi connectivity index (χ4v) is 2.20. The summed E-state index contributed by atoms with van der Waals surface area (Å²) in [7, 11) is 0. The highest BCUT2D eigenvalue weighted by molar-refractivity contribution is 5.96. The van der Waals surface area contributed by atoms with Crippen LogP contribution in [0.2, 0.25) is 0 Å². The van der Waals surface area contributed by atoms with Crippen molar-refractivity contribution in [3.05, 3.63) is 71.8 Å². The zero-order chi connectivity index (χ0) is 18.4. The van der Waals surface area contributed by atoms with E-state index in [-0.39, 0.29) is 17.3 Å². The Morgan fingerprint density at radius 3 is 2.58 bits per heavy atom. The van der Waals surface area contributed by atoms with Crippen LogP contribution in [0, 0.1) is 0 Å². The number of nitrogens with one attached hydrogen (secondary N) is 1. The first-order valence-corrected chi connectivity index (χ1v) is 7.89. The lowest BCUT2D eigenvalue weighted by Crippen LogP contribution is -2.25. The minimum absolute atomic E-state index is 0.000712. The standard InChI is InChI=1S/C18H18N6O2/c19-15-10-22-16(17(20)24-15)18(25)23-9-12-4-6-14(7-5-12)26-11-13-3-1-2-8-21-13/h1-8,10H,9,11H2,(H,23,25)(H4,19,20,24). The number of amides is 1. The topological polar surface area (TPSA) is 129 Å². The van der Waals surface area contributed by atoms with E-state index in [2.05, 4.69) is 20.3 Å². The van der Waals surface area contributed by atoms with E-state index < -0.39 is 5.91 Å². The molecule has 8 nitrogen and oxygen atoms in total. The van der Waals surface area contributed by atoms with Crippen molar-refractivity contribution < 1.29 is 9.53 Å². The van der Waals surface area contributed by atoms with Crippen molar-refractivity contribution in [2.75, 3.05) is 11.5 Å². The van der Waals surface area contributed by atoms with Crippen molar-refractivity contribution in [2.45, 2.75) is 13.2 Å². The Kier molecular flexibility index (Phi) is 5.23. The van der Waals surface area contributed by atoms with Gasteiger partial charge in [0.25, 0.3) is 5.91 Å². The van der Waals surface area contributed by atoms with E-state index >= 15 is 0 Å². The number of nitrogen functional groups attached to an aromatic ring is 2. The van der Waals surface area contributed by atoms with Gasteiger partial charge in [-0.1, -0.05) is 18.2 Å². The lowest BCUT2D eigenvalue weighted by molar-refractivity contribution is 0.0946. The molecular weight excluding hydrogens is 332 g/mol. The van der Waals surface area contributed by atoms with E-state index in [1.807, 2.05) is 42.5 Å². The number of carbonyl (C=O) groups excluding carboxylic acids is 1. The van der Waals surface area contributed by atoms with Crippen LogP contribution in [0.15, 0.2) is 54.9 Å². The van der Waals surface area contributed by atoms with Crippen molar-refractivity contribution in [2.24, 2.45) is 0 Å². The van der Waals surface area contributed by atoms with E-state index in [0.717, 1.165) is 17.0 Å². The quantitative estimate of drug-likeness (QED) is 0.615. The van der Waals surface area contributed by atoms with Gasteiger partial charge in [0.15, 0.2) is 11.5 Å². The highest BCUT2D eigenvalue weighted by Gasteiger charge is 2.12. The van der Waals surface area contributed by atoms with E-state index in [9.17, 15) is 4.79 Å². The first-order chi connectivity index (χ1) is 12.6. The smallest absolute Gasteiger partial charge is 0.273 e. The molecule has 5 N–H and O–H groups in total. The van der Waals surface area contributed by atoms with Crippen LogP contribution in [-0.4, -0.2) is 20.9 Å². The van der Waals surface area contributed by atoms with Gasteiger partial charge in [-0.15, -0.1) is 0 Å². The van der Waals surface area contributed by atoms with Gasteiger partial charge in [-0.25, -0.2) is 9.97 Å². The average molecular weight is 350 g/mol. The molecule has 3 aromatic rings. The van der Waals surface area contributed by atoms with Gasteiger partial charge in [-0.2, -0.15) is 0 Å². The monoisotopic (exact) mass is 350 g/mol. The summed E-state index contributed by atoms with van der Waals surface area (Å²) in [4.78, 5) is 24.0.